The Morgan fingerprint density at radius 1 is 1.28 bits per heavy atom. The fourth-order valence-electron chi connectivity index (χ4n) is 1.34. The zero-order valence-electron chi connectivity index (χ0n) is 11.1. The Labute approximate surface area is 107 Å². The molecule has 1 atom stereocenters. The first-order valence-corrected chi connectivity index (χ1v) is 5.54. The molecule has 0 radical (unpaired) electrons. The second kappa shape index (κ2) is 6.12. The summed E-state index contributed by atoms with van der Waals surface area (Å²) in [6, 6.07) is 7.52. The van der Waals surface area contributed by atoms with Crippen LogP contribution in [0.3, 0.4) is 0 Å². The molecule has 1 aromatic rings. The van der Waals surface area contributed by atoms with Crippen LogP contribution in [0.4, 0.5) is 0 Å². The van der Waals surface area contributed by atoms with Crippen molar-refractivity contribution in [3.8, 4) is 23.3 Å². The molecule has 0 saturated heterocycles. The molecule has 0 heterocycles. The third-order valence-corrected chi connectivity index (χ3v) is 2.69. The molecule has 0 fully saturated rings. The lowest BCUT2D eigenvalue weighted by molar-refractivity contribution is 0.222. The highest BCUT2D eigenvalue weighted by Gasteiger charge is 2.24. The van der Waals surface area contributed by atoms with Gasteiger partial charge in [-0.05, 0) is 26.1 Å². The van der Waals surface area contributed by atoms with Gasteiger partial charge in [-0.2, -0.15) is 5.26 Å². The third kappa shape index (κ3) is 3.05. The van der Waals surface area contributed by atoms with Crippen molar-refractivity contribution in [1.29, 1.82) is 5.26 Å². The minimum atomic E-state index is -0.758. The number of ether oxygens (including phenoxy) is 3. The SMILES string of the molecule is CNC(C)(C#N)COc1c(OC)cccc1OC. The van der Waals surface area contributed by atoms with Crippen molar-refractivity contribution in [2.24, 2.45) is 0 Å². The molecule has 0 aliphatic heterocycles. The summed E-state index contributed by atoms with van der Waals surface area (Å²) in [4.78, 5) is 0. The smallest absolute Gasteiger partial charge is 0.203 e. The number of nitriles is 1. The second-order valence-electron chi connectivity index (χ2n) is 3.97. The molecule has 0 aromatic heterocycles. The molecule has 18 heavy (non-hydrogen) atoms. The quantitative estimate of drug-likeness (QED) is 0.830. The van der Waals surface area contributed by atoms with Crippen LogP contribution >= 0.6 is 0 Å². The summed E-state index contributed by atoms with van der Waals surface area (Å²) < 4.78 is 16.1. The number of rotatable bonds is 6. The lowest BCUT2D eigenvalue weighted by atomic mass is 10.1. The number of para-hydroxylation sites is 1. The van der Waals surface area contributed by atoms with Gasteiger partial charge in [0, 0.05) is 0 Å². The zero-order valence-corrected chi connectivity index (χ0v) is 11.1. The number of hydrogen-bond acceptors (Lipinski definition) is 5. The molecule has 1 unspecified atom stereocenters. The highest BCUT2D eigenvalue weighted by atomic mass is 16.5. The standard InChI is InChI=1S/C13H18N2O3/c1-13(8-14,15-2)9-18-12-10(16-3)6-5-7-11(12)17-4/h5-7,15H,9H2,1-4H3. The molecule has 5 heteroatoms. The molecule has 5 nitrogen and oxygen atoms in total. The Balaban J connectivity index is 2.93. The molecule has 98 valence electrons. The van der Waals surface area contributed by atoms with E-state index in [1.807, 2.05) is 6.07 Å². The predicted molar refractivity (Wildman–Crippen MR) is 68.1 cm³/mol. The van der Waals surface area contributed by atoms with Crippen LogP contribution in [0.2, 0.25) is 0 Å². The Bertz CT molecular complexity index is 420. The Kier molecular flexibility index (Phi) is 4.81. The van der Waals surface area contributed by atoms with E-state index in [1.54, 1.807) is 40.3 Å². The van der Waals surface area contributed by atoms with Crippen LogP contribution < -0.4 is 19.5 Å². The molecule has 0 bridgehead atoms. The first-order chi connectivity index (χ1) is 8.60. The maximum atomic E-state index is 9.06. The van der Waals surface area contributed by atoms with E-state index < -0.39 is 5.54 Å². The van der Waals surface area contributed by atoms with E-state index in [-0.39, 0.29) is 6.61 Å². The lowest BCUT2D eigenvalue weighted by Gasteiger charge is -2.22. The third-order valence-electron chi connectivity index (χ3n) is 2.69. The van der Waals surface area contributed by atoms with Crippen LogP contribution in [0.25, 0.3) is 0 Å². The van der Waals surface area contributed by atoms with Gasteiger partial charge in [0.05, 0.1) is 20.3 Å². The van der Waals surface area contributed by atoms with Crippen LogP contribution in [0.15, 0.2) is 18.2 Å². The van der Waals surface area contributed by atoms with Gasteiger partial charge in [0.25, 0.3) is 0 Å². The summed E-state index contributed by atoms with van der Waals surface area (Å²) in [6.07, 6.45) is 0. The van der Waals surface area contributed by atoms with Gasteiger partial charge in [0.2, 0.25) is 5.75 Å². The van der Waals surface area contributed by atoms with Gasteiger partial charge in [-0.25, -0.2) is 0 Å². The summed E-state index contributed by atoms with van der Waals surface area (Å²) in [7, 11) is 4.83. The van der Waals surface area contributed by atoms with Gasteiger partial charge in [-0.1, -0.05) is 6.07 Å². The van der Waals surface area contributed by atoms with E-state index in [1.165, 1.54) is 0 Å². The molecule has 0 amide bonds. The number of methoxy groups -OCH3 is 2. The second-order valence-corrected chi connectivity index (χ2v) is 3.97. The molecule has 0 aliphatic rings. The van der Waals surface area contributed by atoms with Crippen molar-refractivity contribution in [2.75, 3.05) is 27.9 Å². The zero-order chi connectivity index (χ0) is 13.6. The van der Waals surface area contributed by atoms with Gasteiger partial charge in [0.15, 0.2) is 11.5 Å². The number of nitrogens with one attached hydrogen (secondary N) is 1. The summed E-state index contributed by atoms with van der Waals surface area (Å²) in [5, 5.41) is 12.0. The first kappa shape index (κ1) is 14.1. The van der Waals surface area contributed by atoms with Gasteiger partial charge < -0.3 is 14.2 Å². The van der Waals surface area contributed by atoms with E-state index in [9.17, 15) is 0 Å². The van der Waals surface area contributed by atoms with Crippen molar-refractivity contribution in [2.45, 2.75) is 12.5 Å². The van der Waals surface area contributed by atoms with Gasteiger partial charge in [0.1, 0.15) is 12.1 Å². The Hall–Kier alpha value is -1.93. The Morgan fingerprint density at radius 3 is 2.22 bits per heavy atom. The molecule has 1 N–H and O–H groups in total. The minimum absolute atomic E-state index is 0.191. The van der Waals surface area contributed by atoms with Crippen LogP contribution in [0.5, 0.6) is 17.2 Å². The van der Waals surface area contributed by atoms with Gasteiger partial charge in [-0.15, -0.1) is 0 Å². The minimum Gasteiger partial charge on any atom is -0.493 e. The molecular weight excluding hydrogens is 232 g/mol. The van der Waals surface area contributed by atoms with Crippen molar-refractivity contribution in [3.63, 3.8) is 0 Å². The molecule has 0 aliphatic carbocycles. The van der Waals surface area contributed by atoms with E-state index >= 15 is 0 Å². The Morgan fingerprint density at radius 2 is 1.83 bits per heavy atom. The van der Waals surface area contributed by atoms with Crippen LogP contribution in [-0.2, 0) is 0 Å². The first-order valence-electron chi connectivity index (χ1n) is 5.54. The number of nitrogens with zero attached hydrogens (tertiary/aromatic N) is 1. The molecule has 1 aromatic carbocycles. The topological polar surface area (TPSA) is 63.5 Å². The lowest BCUT2D eigenvalue weighted by Crippen LogP contribution is -2.43. The maximum absolute atomic E-state index is 9.06. The molecule has 1 rings (SSSR count). The molecule has 0 saturated carbocycles. The number of likely N-dealkylation sites (N-methyl/N-ethyl adjacent to an activating group) is 1. The predicted octanol–water partition coefficient (Wildman–Crippen LogP) is 1.58. The average Bonchev–Trinajstić information content (AvgIpc) is 2.44. The highest BCUT2D eigenvalue weighted by Crippen LogP contribution is 2.37. The van der Waals surface area contributed by atoms with E-state index in [4.69, 9.17) is 19.5 Å². The summed E-state index contributed by atoms with van der Waals surface area (Å²) in [5.74, 6) is 1.65. The van der Waals surface area contributed by atoms with E-state index in [2.05, 4.69) is 11.4 Å². The molecule has 0 spiro atoms. The summed E-state index contributed by atoms with van der Waals surface area (Å²) >= 11 is 0. The van der Waals surface area contributed by atoms with Gasteiger partial charge in [-0.3, -0.25) is 5.32 Å². The highest BCUT2D eigenvalue weighted by molar-refractivity contribution is 5.51. The van der Waals surface area contributed by atoms with Crippen molar-refractivity contribution >= 4 is 0 Å². The number of hydrogen-bond donors (Lipinski definition) is 1. The van der Waals surface area contributed by atoms with Crippen LogP contribution in [-0.4, -0.2) is 33.4 Å². The largest absolute Gasteiger partial charge is 0.493 e. The summed E-state index contributed by atoms with van der Waals surface area (Å²) in [5.41, 5.74) is -0.758. The normalized spacial score (nSPS) is 13.3. The number of benzene rings is 1. The fourth-order valence-corrected chi connectivity index (χ4v) is 1.34. The fraction of sp³-hybridized carbons (Fsp3) is 0.462. The van der Waals surface area contributed by atoms with Crippen LogP contribution in [0, 0.1) is 11.3 Å². The maximum Gasteiger partial charge on any atom is 0.203 e. The van der Waals surface area contributed by atoms with E-state index in [0.717, 1.165) is 0 Å². The van der Waals surface area contributed by atoms with Crippen molar-refractivity contribution < 1.29 is 14.2 Å². The molecular formula is C13H18N2O3. The monoisotopic (exact) mass is 250 g/mol. The van der Waals surface area contributed by atoms with Crippen molar-refractivity contribution in [1.82, 2.24) is 5.32 Å². The van der Waals surface area contributed by atoms with Crippen molar-refractivity contribution in [3.05, 3.63) is 18.2 Å². The van der Waals surface area contributed by atoms with Gasteiger partial charge >= 0.3 is 0 Å². The summed E-state index contributed by atoms with van der Waals surface area (Å²) in [6.45, 7) is 1.95. The van der Waals surface area contributed by atoms with E-state index in [0.29, 0.717) is 17.2 Å². The van der Waals surface area contributed by atoms with Crippen LogP contribution in [0.1, 0.15) is 6.92 Å². The average molecular weight is 250 g/mol.